The van der Waals surface area contributed by atoms with Gasteiger partial charge in [-0.2, -0.15) is 13.2 Å². The van der Waals surface area contributed by atoms with Crippen molar-refractivity contribution in [2.45, 2.75) is 6.18 Å². The Bertz CT molecular complexity index is 160. The van der Waals surface area contributed by atoms with Crippen LogP contribution in [0, 0.1) is 11.5 Å². The second-order valence-corrected chi connectivity index (χ2v) is 0.979. The third-order valence-corrected chi connectivity index (χ3v) is 0.370. The van der Waals surface area contributed by atoms with Gasteiger partial charge in [-0.1, -0.05) is 0 Å². The molecule has 0 aromatic heterocycles. The van der Waals surface area contributed by atoms with Crippen molar-refractivity contribution in [2.75, 3.05) is 0 Å². The molecule has 0 fully saturated rings. The number of alkyl halides is 3. The summed E-state index contributed by atoms with van der Waals surface area (Å²) in [4.78, 5) is 9.49. The summed E-state index contributed by atoms with van der Waals surface area (Å²) in [6.45, 7) is 0. The summed E-state index contributed by atoms with van der Waals surface area (Å²) in [6.07, 6.45) is -4.47. The zero-order chi connectivity index (χ0) is 7.49. The van der Waals surface area contributed by atoms with Crippen molar-refractivity contribution >= 4 is 35.5 Å². The third kappa shape index (κ3) is 4.61. The van der Waals surface area contributed by atoms with Gasteiger partial charge in [0.25, 0.3) is 6.26 Å². The van der Waals surface area contributed by atoms with Crippen LogP contribution in [0.5, 0.6) is 0 Å². The molecule has 0 aliphatic heterocycles. The van der Waals surface area contributed by atoms with Crippen LogP contribution in [-0.4, -0.2) is 41.7 Å². The predicted octanol–water partition coefficient (Wildman–Crippen LogP) is -0.0755. The van der Waals surface area contributed by atoms with Gasteiger partial charge in [0.1, 0.15) is 0 Å². The van der Waals surface area contributed by atoms with Crippen LogP contribution < -0.4 is 0 Å². The number of carbonyl (C=O) groups excluding carboxylic acids is 1. The Labute approximate surface area is 76.0 Å². The minimum absolute atomic E-state index is 0. The Balaban J connectivity index is 0. The van der Waals surface area contributed by atoms with Gasteiger partial charge in [-0.25, -0.2) is 4.79 Å². The van der Waals surface area contributed by atoms with E-state index < -0.39 is 12.1 Å². The first-order valence-electron chi connectivity index (χ1n) is 1.65. The molecular formula is C3HF3NNaO2. The predicted molar refractivity (Wildman–Crippen MR) is 24.9 cm³/mol. The molecule has 0 bridgehead atoms. The number of nitriles is 1. The van der Waals surface area contributed by atoms with E-state index in [1.807, 2.05) is 0 Å². The Morgan fingerprint density at radius 1 is 1.50 bits per heavy atom. The first-order chi connectivity index (χ1) is 3.98. The summed E-state index contributed by atoms with van der Waals surface area (Å²) in [5.74, 6) is -2.50. The van der Waals surface area contributed by atoms with Crippen molar-refractivity contribution in [3.63, 3.8) is 0 Å². The fourth-order valence-corrected chi connectivity index (χ4v) is 0.0993. The van der Waals surface area contributed by atoms with Gasteiger partial charge in [0.15, 0.2) is 0 Å². The molecule has 0 atom stereocenters. The van der Waals surface area contributed by atoms with Crippen LogP contribution in [0.4, 0.5) is 13.2 Å². The maximum atomic E-state index is 11.0. The molecule has 0 aliphatic carbocycles. The number of esters is 1. The van der Waals surface area contributed by atoms with Gasteiger partial charge in [0.2, 0.25) is 0 Å². The van der Waals surface area contributed by atoms with Crippen molar-refractivity contribution < 1.29 is 22.7 Å². The molecule has 0 saturated heterocycles. The first-order valence-corrected chi connectivity index (χ1v) is 1.65. The molecule has 0 N–H and O–H groups in total. The molecular weight excluding hydrogens is 162 g/mol. The second kappa shape index (κ2) is 4.55. The van der Waals surface area contributed by atoms with Crippen molar-refractivity contribution in [2.24, 2.45) is 0 Å². The van der Waals surface area contributed by atoms with Crippen LogP contribution in [0.15, 0.2) is 0 Å². The van der Waals surface area contributed by atoms with Crippen molar-refractivity contribution in [1.82, 2.24) is 0 Å². The van der Waals surface area contributed by atoms with Gasteiger partial charge in [-0.15, -0.1) is 5.26 Å². The monoisotopic (exact) mass is 163 g/mol. The molecule has 0 rings (SSSR count). The molecule has 10 heavy (non-hydrogen) atoms. The Morgan fingerprint density at radius 3 is 2.00 bits per heavy atom. The van der Waals surface area contributed by atoms with Crippen molar-refractivity contribution in [3.05, 3.63) is 0 Å². The van der Waals surface area contributed by atoms with Crippen molar-refractivity contribution in [1.29, 1.82) is 5.26 Å². The summed E-state index contributed by atoms with van der Waals surface area (Å²) in [6, 6.07) is 0. The second-order valence-electron chi connectivity index (χ2n) is 0.979. The van der Waals surface area contributed by atoms with E-state index in [0.29, 0.717) is 6.26 Å². The van der Waals surface area contributed by atoms with E-state index in [1.54, 1.807) is 0 Å². The van der Waals surface area contributed by atoms with Crippen LogP contribution in [0.25, 0.3) is 0 Å². The summed E-state index contributed by atoms with van der Waals surface area (Å²) >= 11 is 0. The van der Waals surface area contributed by atoms with E-state index in [2.05, 4.69) is 4.74 Å². The Morgan fingerprint density at radius 2 is 1.90 bits per heavy atom. The SMILES string of the molecule is N#COC(=O)C(F)(F)F.[NaH]. The number of ether oxygens (including phenoxy) is 1. The molecule has 3 nitrogen and oxygen atoms in total. The number of hydrogen-bond donors (Lipinski definition) is 0. The molecule has 0 aromatic carbocycles. The summed E-state index contributed by atoms with van der Waals surface area (Å²) in [5.41, 5.74) is 0. The molecule has 0 amide bonds. The summed E-state index contributed by atoms with van der Waals surface area (Å²) < 4.78 is 36.0. The van der Waals surface area contributed by atoms with Crippen LogP contribution in [0.3, 0.4) is 0 Å². The Kier molecular flexibility index (Phi) is 5.65. The van der Waals surface area contributed by atoms with Crippen LogP contribution in [0.1, 0.15) is 0 Å². The number of nitrogens with zero attached hydrogens (tertiary/aromatic N) is 1. The van der Waals surface area contributed by atoms with Gasteiger partial charge in [-0.3, -0.25) is 0 Å². The number of hydrogen-bond acceptors (Lipinski definition) is 3. The van der Waals surface area contributed by atoms with Gasteiger partial charge < -0.3 is 4.74 Å². The molecule has 7 heteroatoms. The summed E-state index contributed by atoms with van der Waals surface area (Å²) in [5, 5.41) is 7.41. The van der Waals surface area contributed by atoms with Gasteiger partial charge in [0, 0.05) is 0 Å². The number of halogens is 3. The fraction of sp³-hybridized carbons (Fsp3) is 0.333. The molecule has 0 spiro atoms. The number of carbonyl (C=O) groups is 1. The summed E-state index contributed by atoms with van der Waals surface area (Å²) in [7, 11) is 0. The average Bonchev–Trinajstić information content (AvgIpc) is 1.64. The fourth-order valence-electron chi connectivity index (χ4n) is 0.0993. The molecule has 0 saturated carbocycles. The van der Waals surface area contributed by atoms with E-state index in [9.17, 15) is 18.0 Å². The normalized spacial score (nSPS) is 9.00. The van der Waals surface area contributed by atoms with Gasteiger partial charge in [0.05, 0.1) is 0 Å². The standard InChI is InChI=1S/C3F3NO2.Na.H/c4-3(5,6)2(8)9-1-7;;. The zero-order valence-corrected chi connectivity index (χ0v) is 3.90. The average molecular weight is 163 g/mol. The van der Waals surface area contributed by atoms with E-state index in [0.717, 1.165) is 0 Å². The minimum atomic E-state index is -5.07. The molecule has 0 heterocycles. The van der Waals surface area contributed by atoms with E-state index in [1.165, 1.54) is 0 Å². The quantitative estimate of drug-likeness (QED) is 0.285. The zero-order valence-electron chi connectivity index (χ0n) is 3.90. The van der Waals surface area contributed by atoms with E-state index in [4.69, 9.17) is 5.26 Å². The maximum absolute atomic E-state index is 11.0. The topological polar surface area (TPSA) is 50.1 Å². The third-order valence-electron chi connectivity index (χ3n) is 0.370. The van der Waals surface area contributed by atoms with E-state index in [-0.39, 0.29) is 29.6 Å². The molecule has 0 aromatic rings. The van der Waals surface area contributed by atoms with E-state index >= 15 is 0 Å². The molecule has 0 unspecified atom stereocenters. The molecule has 52 valence electrons. The molecule has 0 aliphatic rings. The van der Waals surface area contributed by atoms with Crippen molar-refractivity contribution in [3.8, 4) is 6.26 Å². The van der Waals surface area contributed by atoms with Gasteiger partial charge in [-0.05, 0) is 0 Å². The number of rotatable bonds is 0. The Hall–Kier alpha value is -0.250. The van der Waals surface area contributed by atoms with Crippen LogP contribution >= 0.6 is 0 Å². The van der Waals surface area contributed by atoms with Crippen LogP contribution in [0.2, 0.25) is 0 Å². The molecule has 0 radical (unpaired) electrons. The first kappa shape index (κ1) is 12.4. The van der Waals surface area contributed by atoms with Gasteiger partial charge >= 0.3 is 41.7 Å². The van der Waals surface area contributed by atoms with Crippen LogP contribution in [-0.2, 0) is 9.53 Å².